The lowest BCUT2D eigenvalue weighted by Crippen LogP contribution is -2.58. The van der Waals surface area contributed by atoms with Crippen LogP contribution in [0.5, 0.6) is 0 Å². The first-order valence-corrected chi connectivity index (χ1v) is 11.4. The Hall–Kier alpha value is -3.97. The maximum atomic E-state index is 13.1. The summed E-state index contributed by atoms with van der Waals surface area (Å²) >= 11 is 0. The summed E-state index contributed by atoms with van der Waals surface area (Å²) in [6.07, 6.45) is -0.191. The summed E-state index contributed by atoms with van der Waals surface area (Å²) < 4.78 is 4.99. The van der Waals surface area contributed by atoms with Crippen LogP contribution < -0.4 is 27.4 Å². The molecule has 0 aromatic carbocycles. The summed E-state index contributed by atoms with van der Waals surface area (Å²) in [6, 6.07) is -4.88. The molecule has 0 aromatic heterocycles. The van der Waals surface area contributed by atoms with E-state index in [0.29, 0.717) is 12.8 Å². The van der Waals surface area contributed by atoms with Crippen molar-refractivity contribution in [1.82, 2.24) is 20.9 Å². The Bertz CT molecular complexity index is 920. The van der Waals surface area contributed by atoms with Gasteiger partial charge in [-0.1, -0.05) is 6.58 Å². The highest BCUT2D eigenvalue weighted by Crippen LogP contribution is 2.20. The standard InChI is InChI=1S/C22H34N6O8/c1-5-36-22(35)15-7-6-8-28(15)21(34)14(10-17(24)30)27-19(32)12(4)25-20(33)13(9-16(23)29)26-18(31)11(2)3/h12-15H,2,5-10H2,1,3-4H3,(H2,23,29)(H2,24,30)(H,25,33)(H,26,31)(H,27,32)/t12-,13-,14-,15-/m0/s1. The van der Waals surface area contributed by atoms with Crippen LogP contribution in [-0.2, 0) is 38.3 Å². The van der Waals surface area contributed by atoms with Crippen molar-refractivity contribution in [3.8, 4) is 0 Å². The fraction of sp³-hybridized carbons (Fsp3) is 0.591. The normalized spacial score (nSPS) is 17.2. The van der Waals surface area contributed by atoms with Gasteiger partial charge in [0.2, 0.25) is 35.4 Å². The van der Waals surface area contributed by atoms with Crippen LogP contribution in [0.2, 0.25) is 0 Å². The zero-order valence-corrected chi connectivity index (χ0v) is 20.6. The zero-order chi connectivity index (χ0) is 27.6. The van der Waals surface area contributed by atoms with Crippen molar-refractivity contribution in [2.24, 2.45) is 11.5 Å². The smallest absolute Gasteiger partial charge is 0.328 e. The average molecular weight is 511 g/mol. The lowest BCUT2D eigenvalue weighted by molar-refractivity contribution is -0.154. The molecule has 1 rings (SSSR count). The number of likely N-dealkylation sites (tertiary alicyclic amines) is 1. The molecule has 1 aliphatic rings. The van der Waals surface area contributed by atoms with Gasteiger partial charge in [-0.15, -0.1) is 0 Å². The maximum Gasteiger partial charge on any atom is 0.328 e. The number of hydrogen-bond donors (Lipinski definition) is 5. The fourth-order valence-electron chi connectivity index (χ4n) is 3.48. The highest BCUT2D eigenvalue weighted by molar-refractivity contribution is 5.99. The van der Waals surface area contributed by atoms with E-state index in [1.165, 1.54) is 18.7 Å². The number of hydrogen-bond acceptors (Lipinski definition) is 8. The van der Waals surface area contributed by atoms with Crippen molar-refractivity contribution < 1.29 is 38.3 Å². The minimum Gasteiger partial charge on any atom is -0.464 e. The number of esters is 1. The number of amides is 6. The summed E-state index contributed by atoms with van der Waals surface area (Å²) in [4.78, 5) is 86.6. The maximum absolute atomic E-state index is 13.1. The Balaban J connectivity index is 2.94. The Morgan fingerprint density at radius 2 is 1.56 bits per heavy atom. The van der Waals surface area contributed by atoms with Crippen molar-refractivity contribution in [3.63, 3.8) is 0 Å². The molecule has 0 aliphatic carbocycles. The second-order valence-corrected chi connectivity index (χ2v) is 8.38. The number of carbonyl (C=O) groups excluding carboxylic acids is 7. The topological polar surface area (TPSA) is 220 Å². The van der Waals surface area contributed by atoms with E-state index < -0.39 is 78.4 Å². The van der Waals surface area contributed by atoms with E-state index in [2.05, 4.69) is 22.5 Å². The third-order valence-corrected chi connectivity index (χ3v) is 5.28. The van der Waals surface area contributed by atoms with Gasteiger partial charge in [-0.05, 0) is 33.6 Å². The molecule has 1 aliphatic heterocycles. The Morgan fingerprint density at radius 3 is 2.08 bits per heavy atom. The molecule has 0 saturated carbocycles. The largest absolute Gasteiger partial charge is 0.464 e. The first kappa shape index (κ1) is 30.1. The molecule has 7 N–H and O–H groups in total. The second-order valence-electron chi connectivity index (χ2n) is 8.38. The second kappa shape index (κ2) is 13.8. The number of nitrogens with two attached hydrogens (primary N) is 2. The molecule has 1 saturated heterocycles. The summed E-state index contributed by atoms with van der Waals surface area (Å²) in [5, 5.41) is 6.98. The van der Waals surface area contributed by atoms with Crippen LogP contribution in [0.4, 0.5) is 0 Å². The van der Waals surface area contributed by atoms with Gasteiger partial charge in [-0.3, -0.25) is 28.8 Å². The van der Waals surface area contributed by atoms with Crippen LogP contribution in [0.25, 0.3) is 0 Å². The molecular formula is C22H34N6O8. The number of nitrogens with one attached hydrogen (secondary N) is 3. The first-order valence-electron chi connectivity index (χ1n) is 11.4. The summed E-state index contributed by atoms with van der Waals surface area (Å²) in [5.41, 5.74) is 10.5. The summed E-state index contributed by atoms with van der Waals surface area (Å²) in [7, 11) is 0. The summed E-state index contributed by atoms with van der Waals surface area (Å²) in [6.45, 7) is 8.10. The lowest BCUT2D eigenvalue weighted by Gasteiger charge is -2.28. The van der Waals surface area contributed by atoms with E-state index in [1.807, 2.05) is 0 Å². The van der Waals surface area contributed by atoms with Crippen LogP contribution >= 0.6 is 0 Å². The fourth-order valence-corrected chi connectivity index (χ4v) is 3.48. The van der Waals surface area contributed by atoms with Gasteiger partial charge in [-0.25, -0.2) is 4.79 Å². The van der Waals surface area contributed by atoms with Gasteiger partial charge < -0.3 is 37.1 Å². The predicted octanol–water partition coefficient (Wildman–Crippen LogP) is -2.66. The van der Waals surface area contributed by atoms with E-state index >= 15 is 0 Å². The molecule has 0 radical (unpaired) electrons. The number of rotatable bonds is 13. The van der Waals surface area contributed by atoms with Crippen molar-refractivity contribution >= 4 is 41.4 Å². The van der Waals surface area contributed by atoms with Gasteiger partial charge in [-0.2, -0.15) is 0 Å². The van der Waals surface area contributed by atoms with E-state index in [-0.39, 0.29) is 18.7 Å². The average Bonchev–Trinajstić information content (AvgIpc) is 3.27. The lowest BCUT2D eigenvalue weighted by atomic mass is 10.1. The molecule has 14 heteroatoms. The quantitative estimate of drug-likeness (QED) is 0.130. The molecule has 1 heterocycles. The van der Waals surface area contributed by atoms with Gasteiger partial charge >= 0.3 is 5.97 Å². The molecule has 200 valence electrons. The Labute approximate surface area is 208 Å². The Morgan fingerprint density at radius 1 is 0.972 bits per heavy atom. The van der Waals surface area contributed by atoms with Gasteiger partial charge in [0.15, 0.2) is 0 Å². The van der Waals surface area contributed by atoms with Crippen molar-refractivity contribution in [2.75, 3.05) is 13.2 Å². The minimum atomic E-state index is -1.39. The highest BCUT2D eigenvalue weighted by Gasteiger charge is 2.39. The van der Waals surface area contributed by atoms with Crippen molar-refractivity contribution in [2.45, 2.75) is 70.6 Å². The number of primary amides is 2. The first-order chi connectivity index (χ1) is 16.8. The van der Waals surface area contributed by atoms with Crippen molar-refractivity contribution in [1.29, 1.82) is 0 Å². The molecule has 1 fully saturated rings. The number of carbonyl (C=O) groups is 7. The third kappa shape index (κ3) is 9.00. The number of ether oxygens (including phenoxy) is 1. The number of nitrogens with zero attached hydrogens (tertiary/aromatic N) is 1. The Kier molecular flexibility index (Phi) is 11.5. The molecule has 0 aromatic rings. The van der Waals surface area contributed by atoms with Crippen molar-refractivity contribution in [3.05, 3.63) is 12.2 Å². The molecule has 0 bridgehead atoms. The van der Waals surface area contributed by atoms with E-state index in [1.54, 1.807) is 6.92 Å². The van der Waals surface area contributed by atoms with Crippen LogP contribution in [0.3, 0.4) is 0 Å². The van der Waals surface area contributed by atoms with Gasteiger partial charge in [0.1, 0.15) is 24.2 Å². The van der Waals surface area contributed by atoms with E-state index in [9.17, 15) is 33.6 Å². The van der Waals surface area contributed by atoms with E-state index in [0.717, 1.165) is 0 Å². The zero-order valence-electron chi connectivity index (χ0n) is 20.6. The molecule has 4 atom stereocenters. The molecule has 36 heavy (non-hydrogen) atoms. The molecule has 6 amide bonds. The van der Waals surface area contributed by atoms with Crippen LogP contribution in [0.15, 0.2) is 12.2 Å². The van der Waals surface area contributed by atoms with Crippen LogP contribution in [0.1, 0.15) is 46.5 Å². The van der Waals surface area contributed by atoms with Gasteiger partial charge in [0, 0.05) is 12.1 Å². The molecule has 0 unspecified atom stereocenters. The van der Waals surface area contributed by atoms with Crippen LogP contribution in [-0.4, -0.2) is 83.6 Å². The monoisotopic (exact) mass is 510 g/mol. The van der Waals surface area contributed by atoms with Gasteiger partial charge in [0.05, 0.1) is 19.4 Å². The third-order valence-electron chi connectivity index (χ3n) is 5.28. The summed E-state index contributed by atoms with van der Waals surface area (Å²) in [5.74, 6) is -5.46. The molecule has 14 nitrogen and oxygen atoms in total. The predicted molar refractivity (Wildman–Crippen MR) is 125 cm³/mol. The van der Waals surface area contributed by atoms with E-state index in [4.69, 9.17) is 16.2 Å². The van der Waals surface area contributed by atoms with Gasteiger partial charge in [0.25, 0.3) is 0 Å². The molecule has 0 spiro atoms. The molecular weight excluding hydrogens is 476 g/mol. The van der Waals surface area contributed by atoms with Crippen LogP contribution in [0, 0.1) is 0 Å². The highest BCUT2D eigenvalue weighted by atomic mass is 16.5. The minimum absolute atomic E-state index is 0.0823. The SMILES string of the molecule is C=C(C)C(=O)N[C@@H](CC(N)=O)C(=O)N[C@@H](C)C(=O)N[C@@H](CC(N)=O)C(=O)N1CCC[C@H]1C(=O)OCC.